The summed E-state index contributed by atoms with van der Waals surface area (Å²) in [5, 5.41) is 18.8. The molecular formula is C19H23FN2O3. The van der Waals surface area contributed by atoms with Gasteiger partial charge in [0, 0.05) is 37.5 Å². The van der Waals surface area contributed by atoms with E-state index in [0.717, 1.165) is 42.7 Å². The third kappa shape index (κ3) is 2.78. The van der Waals surface area contributed by atoms with E-state index in [4.69, 9.17) is 0 Å². The average molecular weight is 346 g/mol. The van der Waals surface area contributed by atoms with Crippen molar-refractivity contribution in [3.63, 3.8) is 0 Å². The number of carbonyl (C=O) groups is 1. The standard InChI is InChI=1S/C19H23FN2O3/c1-11-17-15(13-2-3-13)6-14(19(24)25)8-22(17)9-16(20)18(11)21-5-4-12(7-21)10-23/h6,9,12-13,23H,2-5,7-8,10H2,1H3,(H,24,25)/t12-/m0/s1. The third-order valence-corrected chi connectivity index (χ3v) is 5.59. The third-order valence-electron chi connectivity index (χ3n) is 5.59. The number of carboxylic acid groups (broad SMARTS) is 1. The minimum Gasteiger partial charge on any atom is -0.478 e. The van der Waals surface area contributed by atoms with Crippen LogP contribution in [0.25, 0.3) is 0 Å². The average Bonchev–Trinajstić information content (AvgIpc) is 3.32. The molecule has 0 aromatic rings. The zero-order chi connectivity index (χ0) is 17.7. The molecule has 0 unspecified atom stereocenters. The van der Waals surface area contributed by atoms with Gasteiger partial charge in [0.25, 0.3) is 0 Å². The van der Waals surface area contributed by atoms with E-state index in [0.29, 0.717) is 23.7 Å². The normalized spacial score (nSPS) is 26.8. The van der Waals surface area contributed by atoms with Gasteiger partial charge in [0.15, 0.2) is 5.83 Å². The summed E-state index contributed by atoms with van der Waals surface area (Å²) in [6.07, 6.45) is 6.22. The summed E-state index contributed by atoms with van der Waals surface area (Å²) in [5.74, 6) is -0.694. The van der Waals surface area contributed by atoms with E-state index < -0.39 is 5.97 Å². The number of hydrogen-bond donors (Lipinski definition) is 2. The summed E-state index contributed by atoms with van der Waals surface area (Å²) in [5.41, 5.74) is 3.79. The van der Waals surface area contributed by atoms with Gasteiger partial charge < -0.3 is 20.0 Å². The van der Waals surface area contributed by atoms with Crippen molar-refractivity contribution in [1.29, 1.82) is 0 Å². The highest BCUT2D eigenvalue weighted by atomic mass is 19.1. The van der Waals surface area contributed by atoms with E-state index in [1.807, 2.05) is 11.8 Å². The fourth-order valence-corrected chi connectivity index (χ4v) is 4.17. The highest BCUT2D eigenvalue weighted by Crippen LogP contribution is 2.46. The van der Waals surface area contributed by atoms with Gasteiger partial charge in [-0.1, -0.05) is 0 Å². The van der Waals surface area contributed by atoms with Gasteiger partial charge in [-0.2, -0.15) is 0 Å². The summed E-state index contributed by atoms with van der Waals surface area (Å²) < 4.78 is 14.9. The Balaban J connectivity index is 1.78. The molecule has 3 heterocycles. The molecule has 0 aromatic heterocycles. The molecule has 25 heavy (non-hydrogen) atoms. The maximum atomic E-state index is 14.9. The smallest absolute Gasteiger partial charge is 0.333 e. The first kappa shape index (κ1) is 16.4. The fourth-order valence-electron chi connectivity index (χ4n) is 4.17. The Kier molecular flexibility index (Phi) is 3.95. The van der Waals surface area contributed by atoms with Crippen LogP contribution in [-0.4, -0.2) is 52.2 Å². The van der Waals surface area contributed by atoms with Crippen LogP contribution in [0.4, 0.5) is 4.39 Å². The van der Waals surface area contributed by atoms with E-state index in [1.165, 1.54) is 6.20 Å². The Bertz CT molecular complexity index is 746. The monoisotopic (exact) mass is 346 g/mol. The lowest BCUT2D eigenvalue weighted by Crippen LogP contribution is -2.34. The van der Waals surface area contributed by atoms with Gasteiger partial charge in [-0.25, -0.2) is 9.18 Å². The molecule has 5 nitrogen and oxygen atoms in total. The summed E-state index contributed by atoms with van der Waals surface area (Å²) in [4.78, 5) is 15.2. The van der Waals surface area contributed by atoms with Crippen LogP contribution in [0.15, 0.2) is 46.2 Å². The zero-order valence-corrected chi connectivity index (χ0v) is 14.3. The Hall–Kier alpha value is -2.08. The van der Waals surface area contributed by atoms with Crippen LogP contribution in [-0.2, 0) is 4.79 Å². The predicted octanol–water partition coefficient (Wildman–Crippen LogP) is 2.39. The minimum absolute atomic E-state index is 0.126. The minimum atomic E-state index is -0.941. The molecule has 0 aromatic carbocycles. The van der Waals surface area contributed by atoms with Crippen LogP contribution < -0.4 is 0 Å². The van der Waals surface area contributed by atoms with Gasteiger partial charge in [0.1, 0.15) is 0 Å². The van der Waals surface area contributed by atoms with Crippen LogP contribution in [0.3, 0.4) is 0 Å². The lowest BCUT2D eigenvalue weighted by molar-refractivity contribution is -0.132. The highest BCUT2D eigenvalue weighted by molar-refractivity contribution is 5.88. The van der Waals surface area contributed by atoms with Crippen molar-refractivity contribution in [2.75, 3.05) is 26.2 Å². The second kappa shape index (κ2) is 6.02. The molecule has 4 aliphatic rings. The van der Waals surface area contributed by atoms with Crippen LogP contribution in [0.1, 0.15) is 26.2 Å². The first-order valence-corrected chi connectivity index (χ1v) is 8.89. The van der Waals surface area contributed by atoms with Crippen LogP contribution in [0, 0.1) is 11.8 Å². The van der Waals surface area contributed by atoms with Gasteiger partial charge in [0.2, 0.25) is 0 Å². The quantitative estimate of drug-likeness (QED) is 0.818. The van der Waals surface area contributed by atoms with Gasteiger partial charge in [-0.15, -0.1) is 0 Å². The van der Waals surface area contributed by atoms with Gasteiger partial charge >= 0.3 is 5.97 Å². The van der Waals surface area contributed by atoms with E-state index >= 15 is 0 Å². The van der Waals surface area contributed by atoms with E-state index in [-0.39, 0.29) is 24.9 Å². The summed E-state index contributed by atoms with van der Waals surface area (Å²) in [6.45, 7) is 3.64. The largest absolute Gasteiger partial charge is 0.478 e. The number of nitrogens with zero attached hydrogens (tertiary/aromatic N) is 2. The van der Waals surface area contributed by atoms with Gasteiger partial charge in [-0.05, 0) is 49.3 Å². The number of hydrogen-bond acceptors (Lipinski definition) is 4. The number of carboxylic acids is 1. The highest BCUT2D eigenvalue weighted by Gasteiger charge is 2.38. The molecule has 6 heteroatoms. The van der Waals surface area contributed by atoms with Gasteiger partial charge in [-0.3, -0.25) is 0 Å². The molecule has 1 aliphatic carbocycles. The first-order chi connectivity index (χ1) is 12.0. The number of fused-ring (bicyclic) bond motifs is 1. The molecule has 134 valence electrons. The molecule has 1 atom stereocenters. The Labute approximate surface area is 146 Å². The molecule has 2 N–H and O–H groups in total. The number of aliphatic hydroxyl groups excluding tert-OH is 1. The molecule has 0 amide bonds. The number of rotatable bonds is 4. The van der Waals surface area contributed by atoms with Crippen LogP contribution in [0.5, 0.6) is 0 Å². The SMILES string of the molecule is CC1=C(N2CC[C@H](CO)C2)C(F)=CN2CC(C(=O)O)=CC(C3CC3)=C12. The number of allylic oxidation sites excluding steroid dienone is 4. The number of aliphatic hydroxyl groups is 1. The van der Waals surface area contributed by atoms with Crippen molar-refractivity contribution >= 4 is 5.97 Å². The molecule has 0 bridgehead atoms. The molecule has 1 saturated carbocycles. The fraction of sp³-hybridized carbons (Fsp3) is 0.526. The van der Waals surface area contributed by atoms with Crippen molar-refractivity contribution < 1.29 is 19.4 Å². The Morgan fingerprint density at radius 2 is 2.08 bits per heavy atom. The van der Waals surface area contributed by atoms with E-state index in [2.05, 4.69) is 0 Å². The molecule has 0 spiro atoms. The maximum absolute atomic E-state index is 14.9. The zero-order valence-electron chi connectivity index (χ0n) is 14.3. The molecule has 2 fully saturated rings. The van der Waals surface area contributed by atoms with Crippen molar-refractivity contribution in [2.24, 2.45) is 11.8 Å². The molecular weight excluding hydrogens is 323 g/mol. The van der Waals surface area contributed by atoms with Crippen molar-refractivity contribution in [3.8, 4) is 0 Å². The second-order valence-corrected chi connectivity index (χ2v) is 7.41. The predicted molar refractivity (Wildman–Crippen MR) is 90.8 cm³/mol. The molecule has 4 rings (SSSR count). The topological polar surface area (TPSA) is 64.0 Å². The second-order valence-electron chi connectivity index (χ2n) is 7.41. The van der Waals surface area contributed by atoms with E-state index in [9.17, 15) is 19.4 Å². The summed E-state index contributed by atoms with van der Waals surface area (Å²) >= 11 is 0. The number of halogens is 1. The van der Waals surface area contributed by atoms with E-state index in [1.54, 1.807) is 11.0 Å². The lowest BCUT2D eigenvalue weighted by Gasteiger charge is -2.37. The molecule has 1 saturated heterocycles. The number of aliphatic carboxylic acids is 1. The summed E-state index contributed by atoms with van der Waals surface area (Å²) in [6, 6.07) is 0. The Morgan fingerprint density at radius 3 is 2.68 bits per heavy atom. The van der Waals surface area contributed by atoms with Gasteiger partial charge in [0.05, 0.1) is 17.8 Å². The molecule has 3 aliphatic heterocycles. The van der Waals surface area contributed by atoms with Crippen molar-refractivity contribution in [1.82, 2.24) is 9.80 Å². The summed E-state index contributed by atoms with van der Waals surface area (Å²) in [7, 11) is 0. The number of likely N-dealkylation sites (tertiary alicyclic amines) is 1. The Morgan fingerprint density at radius 1 is 1.32 bits per heavy atom. The molecule has 0 radical (unpaired) electrons. The maximum Gasteiger partial charge on any atom is 0.333 e. The van der Waals surface area contributed by atoms with Crippen LogP contribution >= 0.6 is 0 Å². The van der Waals surface area contributed by atoms with Crippen molar-refractivity contribution in [3.05, 3.63) is 46.2 Å². The van der Waals surface area contributed by atoms with Crippen LogP contribution in [0.2, 0.25) is 0 Å². The first-order valence-electron chi connectivity index (χ1n) is 8.89. The van der Waals surface area contributed by atoms with Crippen molar-refractivity contribution in [2.45, 2.75) is 26.2 Å². The lowest BCUT2D eigenvalue weighted by atomic mass is 9.92.